The van der Waals surface area contributed by atoms with Gasteiger partial charge in [0, 0.05) is 20.2 Å². The number of urea groups is 1. The van der Waals surface area contributed by atoms with Gasteiger partial charge in [-0.2, -0.15) is 0 Å². The van der Waals surface area contributed by atoms with Crippen molar-refractivity contribution in [1.82, 2.24) is 10.2 Å². The van der Waals surface area contributed by atoms with E-state index in [2.05, 4.69) is 5.32 Å². The lowest BCUT2D eigenvalue weighted by Crippen LogP contribution is -2.48. The van der Waals surface area contributed by atoms with Crippen molar-refractivity contribution in [2.75, 3.05) is 20.2 Å². The lowest BCUT2D eigenvalue weighted by atomic mass is 10.1. The van der Waals surface area contributed by atoms with Crippen LogP contribution in [0, 0.1) is 0 Å². The minimum absolute atomic E-state index is 0.0689. The number of carboxylic acid groups (broad SMARTS) is 1. The van der Waals surface area contributed by atoms with Crippen LogP contribution >= 0.6 is 0 Å². The maximum absolute atomic E-state index is 11.8. The summed E-state index contributed by atoms with van der Waals surface area (Å²) in [4.78, 5) is 24.1. The Kier molecular flexibility index (Phi) is 5.91. The number of carbonyl (C=O) groups excluding carboxylic acids is 1. The molecule has 0 bridgehead atoms. The first-order valence-corrected chi connectivity index (χ1v) is 6.40. The number of amides is 2. The Bertz CT molecular complexity index is 290. The molecule has 1 fully saturated rings. The molecular weight excluding hydrogens is 236 g/mol. The number of rotatable bonds is 5. The summed E-state index contributed by atoms with van der Waals surface area (Å²) < 4.78 is 5.54. The van der Waals surface area contributed by atoms with Gasteiger partial charge in [0.1, 0.15) is 6.04 Å². The number of nitrogens with zero attached hydrogens (tertiary/aromatic N) is 1. The number of carboxylic acids is 1. The summed E-state index contributed by atoms with van der Waals surface area (Å²) in [6, 6.07) is -1.19. The number of ether oxygens (including phenoxy) is 1. The molecule has 18 heavy (non-hydrogen) atoms. The number of likely N-dealkylation sites (N-methyl/N-ethyl adjacent to an activating group) is 1. The van der Waals surface area contributed by atoms with E-state index in [4.69, 9.17) is 9.84 Å². The summed E-state index contributed by atoms with van der Waals surface area (Å²) in [6.07, 6.45) is 3.58. The van der Waals surface area contributed by atoms with Gasteiger partial charge in [-0.15, -0.1) is 0 Å². The number of hydrogen-bond donors (Lipinski definition) is 2. The monoisotopic (exact) mass is 258 g/mol. The first-order chi connectivity index (χ1) is 8.54. The molecule has 0 aromatic rings. The molecule has 2 amide bonds. The average Bonchev–Trinajstić information content (AvgIpc) is 2.36. The predicted octanol–water partition coefficient (Wildman–Crippen LogP) is 1.06. The third-order valence-electron chi connectivity index (χ3n) is 3.10. The van der Waals surface area contributed by atoms with E-state index in [1.807, 2.05) is 0 Å². The van der Waals surface area contributed by atoms with Crippen LogP contribution in [0.4, 0.5) is 4.79 Å². The molecule has 0 aromatic heterocycles. The molecule has 1 heterocycles. The van der Waals surface area contributed by atoms with Gasteiger partial charge < -0.3 is 20.1 Å². The van der Waals surface area contributed by atoms with E-state index in [0.29, 0.717) is 13.0 Å². The number of carbonyl (C=O) groups is 2. The van der Waals surface area contributed by atoms with Crippen LogP contribution in [0.2, 0.25) is 0 Å². The molecule has 6 heteroatoms. The van der Waals surface area contributed by atoms with Crippen molar-refractivity contribution in [2.45, 2.75) is 44.8 Å². The van der Waals surface area contributed by atoms with Crippen LogP contribution in [0.5, 0.6) is 0 Å². The third-order valence-corrected chi connectivity index (χ3v) is 3.10. The van der Waals surface area contributed by atoms with Crippen molar-refractivity contribution in [3.05, 3.63) is 0 Å². The van der Waals surface area contributed by atoms with Gasteiger partial charge in [-0.05, 0) is 25.7 Å². The zero-order valence-electron chi connectivity index (χ0n) is 11.0. The maximum Gasteiger partial charge on any atom is 0.326 e. The largest absolute Gasteiger partial charge is 0.480 e. The molecule has 1 saturated heterocycles. The van der Waals surface area contributed by atoms with Crippen LogP contribution in [-0.2, 0) is 9.53 Å². The quantitative estimate of drug-likeness (QED) is 0.773. The van der Waals surface area contributed by atoms with Gasteiger partial charge in [-0.25, -0.2) is 9.59 Å². The topological polar surface area (TPSA) is 78.9 Å². The molecule has 104 valence electrons. The van der Waals surface area contributed by atoms with Crippen molar-refractivity contribution in [1.29, 1.82) is 0 Å². The summed E-state index contributed by atoms with van der Waals surface area (Å²) in [7, 11) is 1.65. The predicted molar refractivity (Wildman–Crippen MR) is 66.5 cm³/mol. The lowest BCUT2D eigenvalue weighted by molar-refractivity contribution is -0.139. The van der Waals surface area contributed by atoms with E-state index >= 15 is 0 Å². The van der Waals surface area contributed by atoms with Crippen LogP contribution in [0.1, 0.15) is 32.6 Å². The second-order valence-corrected chi connectivity index (χ2v) is 4.62. The van der Waals surface area contributed by atoms with E-state index in [0.717, 1.165) is 25.9 Å². The molecule has 2 unspecified atom stereocenters. The molecule has 0 aromatic carbocycles. The Morgan fingerprint density at radius 3 is 2.72 bits per heavy atom. The van der Waals surface area contributed by atoms with E-state index in [1.54, 1.807) is 14.0 Å². The van der Waals surface area contributed by atoms with Crippen LogP contribution in [0.15, 0.2) is 0 Å². The second-order valence-electron chi connectivity index (χ2n) is 4.62. The summed E-state index contributed by atoms with van der Waals surface area (Å²) in [6.45, 7) is 2.97. The van der Waals surface area contributed by atoms with E-state index in [9.17, 15) is 9.59 Å². The van der Waals surface area contributed by atoms with Gasteiger partial charge >= 0.3 is 12.0 Å². The van der Waals surface area contributed by atoms with Crippen LogP contribution in [0.3, 0.4) is 0 Å². The normalized spacial score (nSPS) is 21.1. The summed E-state index contributed by atoms with van der Waals surface area (Å²) >= 11 is 0. The first kappa shape index (κ1) is 14.8. The Morgan fingerprint density at radius 1 is 1.50 bits per heavy atom. The molecule has 1 aliphatic rings. The van der Waals surface area contributed by atoms with Crippen LogP contribution in [-0.4, -0.2) is 54.4 Å². The molecule has 0 aliphatic carbocycles. The molecular formula is C12H22N2O4. The Labute approximate surface area is 107 Å². The van der Waals surface area contributed by atoms with Crippen molar-refractivity contribution in [2.24, 2.45) is 0 Å². The first-order valence-electron chi connectivity index (χ1n) is 6.40. The van der Waals surface area contributed by atoms with Gasteiger partial charge in [0.05, 0.1) is 6.10 Å². The summed E-state index contributed by atoms with van der Waals surface area (Å²) in [5, 5.41) is 11.4. The second kappa shape index (κ2) is 7.20. The Balaban J connectivity index is 2.37. The van der Waals surface area contributed by atoms with Gasteiger partial charge in [0.2, 0.25) is 0 Å². The Hall–Kier alpha value is -1.30. The minimum atomic E-state index is -1.01. The molecule has 2 N–H and O–H groups in total. The average molecular weight is 258 g/mol. The van der Waals surface area contributed by atoms with E-state index in [1.165, 1.54) is 4.90 Å². The summed E-state index contributed by atoms with van der Waals surface area (Å²) in [5.74, 6) is -1.01. The molecule has 6 nitrogen and oxygen atoms in total. The summed E-state index contributed by atoms with van der Waals surface area (Å²) in [5.41, 5.74) is 0. The van der Waals surface area contributed by atoms with Crippen molar-refractivity contribution in [3.8, 4) is 0 Å². The van der Waals surface area contributed by atoms with Gasteiger partial charge in [-0.3, -0.25) is 0 Å². The van der Waals surface area contributed by atoms with Gasteiger partial charge in [0.15, 0.2) is 0 Å². The molecule has 1 aliphatic heterocycles. The smallest absolute Gasteiger partial charge is 0.326 e. The zero-order valence-corrected chi connectivity index (χ0v) is 11.0. The van der Waals surface area contributed by atoms with Crippen molar-refractivity contribution >= 4 is 12.0 Å². The molecule has 1 rings (SSSR count). The molecule has 0 saturated carbocycles. The van der Waals surface area contributed by atoms with Crippen molar-refractivity contribution in [3.63, 3.8) is 0 Å². The Morgan fingerprint density at radius 2 is 2.22 bits per heavy atom. The maximum atomic E-state index is 11.8. The minimum Gasteiger partial charge on any atom is -0.480 e. The van der Waals surface area contributed by atoms with Crippen LogP contribution < -0.4 is 5.32 Å². The third kappa shape index (κ3) is 4.52. The fraction of sp³-hybridized carbons (Fsp3) is 0.833. The highest BCUT2D eigenvalue weighted by Gasteiger charge is 2.22. The fourth-order valence-electron chi connectivity index (χ4n) is 1.94. The molecule has 2 atom stereocenters. The number of nitrogens with one attached hydrogen (secondary N) is 1. The van der Waals surface area contributed by atoms with E-state index in [-0.39, 0.29) is 12.1 Å². The highest BCUT2D eigenvalue weighted by Crippen LogP contribution is 2.13. The standard InChI is InChI=1S/C12H22N2O4/c1-3-10(11(15)16)13-12(17)14(2)8-9-6-4-5-7-18-9/h9-10H,3-8H2,1-2H3,(H,13,17)(H,15,16). The number of hydrogen-bond acceptors (Lipinski definition) is 3. The highest BCUT2D eigenvalue weighted by molar-refractivity contribution is 5.82. The van der Waals surface area contributed by atoms with E-state index < -0.39 is 12.0 Å². The number of aliphatic carboxylic acids is 1. The molecule has 0 radical (unpaired) electrons. The fourth-order valence-corrected chi connectivity index (χ4v) is 1.94. The SMILES string of the molecule is CCC(NC(=O)N(C)CC1CCCCO1)C(=O)O. The molecule has 0 spiro atoms. The zero-order chi connectivity index (χ0) is 13.5. The highest BCUT2D eigenvalue weighted by atomic mass is 16.5. The van der Waals surface area contributed by atoms with Gasteiger partial charge in [-0.1, -0.05) is 6.92 Å². The van der Waals surface area contributed by atoms with Crippen molar-refractivity contribution < 1.29 is 19.4 Å². The van der Waals surface area contributed by atoms with Gasteiger partial charge in [0.25, 0.3) is 0 Å². The van der Waals surface area contributed by atoms with Crippen LogP contribution in [0.25, 0.3) is 0 Å². The lowest BCUT2D eigenvalue weighted by Gasteiger charge is -2.28.